The molecule has 0 aromatic heterocycles. The Balaban J connectivity index is 1.96. The number of hydrogen-bond acceptors (Lipinski definition) is 3. The lowest BCUT2D eigenvalue weighted by atomic mass is 9.77. The van der Waals surface area contributed by atoms with Crippen LogP contribution in [0.25, 0.3) is 0 Å². The number of hydrogen-bond donors (Lipinski definition) is 1. The second-order valence-electron chi connectivity index (χ2n) is 6.35. The van der Waals surface area contributed by atoms with Crippen LogP contribution in [-0.4, -0.2) is 47.8 Å². The van der Waals surface area contributed by atoms with Crippen molar-refractivity contribution in [2.75, 3.05) is 19.7 Å². The summed E-state index contributed by atoms with van der Waals surface area (Å²) in [4.78, 5) is 13.3. The third-order valence-electron chi connectivity index (χ3n) is 4.68. The highest BCUT2D eigenvalue weighted by atomic mass is 16.5. The van der Waals surface area contributed by atoms with Gasteiger partial charge in [0, 0.05) is 19.1 Å². The zero-order valence-electron chi connectivity index (χ0n) is 12.2. The first kappa shape index (κ1) is 14.8. The third-order valence-corrected chi connectivity index (χ3v) is 4.68. The Bertz CT molecular complexity index is 306. The van der Waals surface area contributed by atoms with Gasteiger partial charge in [0.2, 0.25) is 0 Å². The summed E-state index contributed by atoms with van der Waals surface area (Å²) in [6, 6.07) is 0.633. The van der Waals surface area contributed by atoms with Crippen LogP contribution in [0, 0.1) is 11.8 Å². The number of carboxylic acids is 1. The van der Waals surface area contributed by atoms with Gasteiger partial charge in [-0.25, -0.2) is 0 Å². The van der Waals surface area contributed by atoms with Crippen molar-refractivity contribution in [1.29, 1.82) is 0 Å². The van der Waals surface area contributed by atoms with Gasteiger partial charge in [0.05, 0.1) is 19.1 Å². The lowest BCUT2D eigenvalue weighted by molar-refractivity contribution is -0.143. The Kier molecular flexibility index (Phi) is 5.22. The highest BCUT2D eigenvalue weighted by Gasteiger charge is 2.35. The quantitative estimate of drug-likeness (QED) is 0.851. The zero-order chi connectivity index (χ0) is 13.8. The number of aliphatic carboxylic acids is 1. The Labute approximate surface area is 116 Å². The fraction of sp³-hybridized carbons (Fsp3) is 0.933. The first-order chi connectivity index (χ1) is 9.08. The molecule has 0 spiro atoms. The normalized spacial score (nSPS) is 33.5. The summed E-state index contributed by atoms with van der Waals surface area (Å²) in [5, 5.41) is 8.90. The number of carbonyl (C=O) groups is 1. The van der Waals surface area contributed by atoms with Crippen molar-refractivity contribution >= 4 is 5.97 Å². The molecule has 1 aliphatic carbocycles. The van der Waals surface area contributed by atoms with Crippen molar-refractivity contribution in [2.45, 2.75) is 58.1 Å². The maximum atomic E-state index is 10.8. The zero-order valence-corrected chi connectivity index (χ0v) is 12.2. The molecular formula is C15H27NO3. The average Bonchev–Trinajstić information content (AvgIpc) is 2.38. The smallest absolute Gasteiger partial charge is 0.306 e. The Hall–Kier alpha value is -0.610. The third kappa shape index (κ3) is 3.93. The molecule has 0 radical (unpaired) electrons. The fourth-order valence-corrected chi connectivity index (χ4v) is 3.73. The van der Waals surface area contributed by atoms with Crippen LogP contribution < -0.4 is 0 Å². The predicted octanol–water partition coefficient (Wildman–Crippen LogP) is 2.38. The molecule has 4 nitrogen and oxygen atoms in total. The summed E-state index contributed by atoms with van der Waals surface area (Å²) in [7, 11) is 0. The lowest BCUT2D eigenvalue weighted by Crippen LogP contribution is -2.52. The molecule has 2 rings (SSSR count). The summed E-state index contributed by atoms with van der Waals surface area (Å²) in [6.45, 7) is 7.07. The number of morpholine rings is 1. The Morgan fingerprint density at radius 3 is 2.79 bits per heavy atom. The van der Waals surface area contributed by atoms with E-state index >= 15 is 0 Å². The molecule has 0 bridgehead atoms. The van der Waals surface area contributed by atoms with E-state index in [1.165, 1.54) is 25.7 Å². The van der Waals surface area contributed by atoms with E-state index in [1.54, 1.807) is 0 Å². The summed E-state index contributed by atoms with van der Waals surface area (Å²) < 4.78 is 5.58. The molecule has 0 aromatic rings. The van der Waals surface area contributed by atoms with Crippen LogP contribution in [0.15, 0.2) is 0 Å². The van der Waals surface area contributed by atoms with Gasteiger partial charge in [-0.15, -0.1) is 0 Å². The van der Waals surface area contributed by atoms with E-state index in [-0.39, 0.29) is 12.5 Å². The van der Waals surface area contributed by atoms with Gasteiger partial charge in [0.1, 0.15) is 0 Å². The van der Waals surface area contributed by atoms with E-state index < -0.39 is 5.97 Å². The van der Waals surface area contributed by atoms with Gasteiger partial charge < -0.3 is 9.84 Å². The van der Waals surface area contributed by atoms with Gasteiger partial charge in [-0.1, -0.05) is 26.7 Å². The minimum atomic E-state index is -0.754. The average molecular weight is 269 g/mol. The summed E-state index contributed by atoms with van der Waals surface area (Å²) >= 11 is 0. The molecule has 3 unspecified atom stereocenters. The molecule has 1 heterocycles. The van der Waals surface area contributed by atoms with E-state index in [4.69, 9.17) is 9.84 Å². The van der Waals surface area contributed by atoms with Gasteiger partial charge in [0.25, 0.3) is 0 Å². The molecule has 1 saturated carbocycles. The number of nitrogens with zero attached hydrogens (tertiary/aromatic N) is 1. The fourth-order valence-electron chi connectivity index (χ4n) is 3.73. The van der Waals surface area contributed by atoms with Crippen molar-refractivity contribution in [1.82, 2.24) is 4.90 Å². The van der Waals surface area contributed by atoms with Gasteiger partial charge in [0.15, 0.2) is 0 Å². The van der Waals surface area contributed by atoms with Crippen molar-refractivity contribution in [2.24, 2.45) is 11.8 Å². The van der Waals surface area contributed by atoms with Crippen LogP contribution in [0.3, 0.4) is 0 Å². The molecule has 0 amide bonds. The van der Waals surface area contributed by atoms with Crippen molar-refractivity contribution in [3.8, 4) is 0 Å². The molecule has 19 heavy (non-hydrogen) atoms. The second-order valence-corrected chi connectivity index (χ2v) is 6.35. The Morgan fingerprint density at radius 1 is 1.37 bits per heavy atom. The highest BCUT2D eigenvalue weighted by molar-refractivity contribution is 5.67. The topological polar surface area (TPSA) is 49.8 Å². The van der Waals surface area contributed by atoms with Crippen molar-refractivity contribution in [3.05, 3.63) is 0 Å². The molecule has 1 N–H and O–H groups in total. The largest absolute Gasteiger partial charge is 0.481 e. The van der Waals surface area contributed by atoms with Gasteiger partial charge in [-0.05, 0) is 24.7 Å². The summed E-state index contributed by atoms with van der Waals surface area (Å²) in [5.41, 5.74) is 0. The Morgan fingerprint density at radius 2 is 2.11 bits per heavy atom. The summed E-state index contributed by atoms with van der Waals surface area (Å²) in [5.74, 6) is 0.722. The molecule has 3 atom stereocenters. The van der Waals surface area contributed by atoms with E-state index in [2.05, 4.69) is 18.7 Å². The summed E-state index contributed by atoms with van der Waals surface area (Å²) in [6.07, 6.45) is 5.26. The molecule has 0 aromatic carbocycles. The van der Waals surface area contributed by atoms with Crippen LogP contribution in [0.1, 0.15) is 46.0 Å². The molecule has 1 aliphatic heterocycles. The first-order valence-electron chi connectivity index (χ1n) is 7.65. The van der Waals surface area contributed by atoms with Gasteiger partial charge >= 0.3 is 5.97 Å². The number of rotatable bonds is 4. The first-order valence-corrected chi connectivity index (χ1v) is 7.65. The van der Waals surface area contributed by atoms with Crippen LogP contribution >= 0.6 is 0 Å². The second kappa shape index (κ2) is 6.71. The van der Waals surface area contributed by atoms with Gasteiger partial charge in [-0.2, -0.15) is 0 Å². The maximum absolute atomic E-state index is 10.8. The molecule has 4 heteroatoms. The van der Waals surface area contributed by atoms with Crippen molar-refractivity contribution < 1.29 is 14.6 Å². The minimum absolute atomic E-state index is 0.124. The van der Waals surface area contributed by atoms with Crippen LogP contribution in [-0.2, 0) is 9.53 Å². The molecular weight excluding hydrogens is 242 g/mol. The SMILES string of the molecule is CC(C)C1CCCCC1N1CCOC(CC(=O)O)C1. The lowest BCUT2D eigenvalue weighted by Gasteiger charge is -2.45. The highest BCUT2D eigenvalue weighted by Crippen LogP contribution is 2.34. The molecule has 2 fully saturated rings. The van der Waals surface area contributed by atoms with Crippen LogP contribution in [0.4, 0.5) is 0 Å². The van der Waals surface area contributed by atoms with E-state index in [0.717, 1.165) is 19.0 Å². The number of carboxylic acid groups (broad SMARTS) is 1. The van der Waals surface area contributed by atoms with Crippen molar-refractivity contribution in [3.63, 3.8) is 0 Å². The molecule has 2 aliphatic rings. The van der Waals surface area contributed by atoms with E-state index in [1.807, 2.05) is 0 Å². The van der Waals surface area contributed by atoms with Crippen LogP contribution in [0.5, 0.6) is 0 Å². The number of ether oxygens (including phenoxy) is 1. The van der Waals surface area contributed by atoms with Gasteiger partial charge in [-0.3, -0.25) is 9.69 Å². The monoisotopic (exact) mass is 269 g/mol. The minimum Gasteiger partial charge on any atom is -0.481 e. The predicted molar refractivity (Wildman–Crippen MR) is 74.1 cm³/mol. The van der Waals surface area contributed by atoms with Crippen LogP contribution in [0.2, 0.25) is 0 Å². The van der Waals surface area contributed by atoms with E-state index in [9.17, 15) is 4.79 Å². The molecule has 1 saturated heterocycles. The standard InChI is InChI=1S/C15H27NO3/c1-11(2)13-5-3-4-6-14(13)16-7-8-19-12(10-16)9-15(17)18/h11-14H,3-10H2,1-2H3,(H,17,18). The maximum Gasteiger partial charge on any atom is 0.306 e. The molecule has 110 valence electrons. The van der Waals surface area contributed by atoms with E-state index in [0.29, 0.717) is 18.6 Å².